The topological polar surface area (TPSA) is 27.8 Å². The molecule has 1 saturated heterocycles. The lowest BCUT2D eigenvalue weighted by atomic mass is 9.75. The molecule has 1 aliphatic heterocycles. The number of hydrogen-bond acceptors (Lipinski definition) is 2. The summed E-state index contributed by atoms with van der Waals surface area (Å²) in [7, 11) is -0.428. The fraction of sp³-hybridized carbons (Fsp3) is 0.171. The van der Waals surface area contributed by atoms with E-state index in [1.807, 2.05) is 18.2 Å². The number of nitrogens with zero attached hydrogens (tertiary/aromatic N) is 2. The van der Waals surface area contributed by atoms with E-state index in [9.17, 15) is 0 Å². The Hall–Kier alpha value is -4.37. The van der Waals surface area contributed by atoms with Gasteiger partial charge in [-0.25, -0.2) is 4.85 Å². The van der Waals surface area contributed by atoms with E-state index in [2.05, 4.69) is 122 Å². The van der Waals surface area contributed by atoms with Gasteiger partial charge in [-0.05, 0) is 96.8 Å². The van der Waals surface area contributed by atoms with Gasteiger partial charge in [0.15, 0.2) is 5.69 Å². The number of rotatable bonds is 3. The van der Waals surface area contributed by atoms with Gasteiger partial charge in [0.05, 0.1) is 28.8 Å². The number of aromatic nitrogens is 1. The van der Waals surface area contributed by atoms with Gasteiger partial charge in [0.1, 0.15) is 0 Å². The van der Waals surface area contributed by atoms with Crippen LogP contribution < -0.4 is 5.46 Å². The van der Waals surface area contributed by atoms with Crippen molar-refractivity contribution in [2.24, 2.45) is 0 Å². The summed E-state index contributed by atoms with van der Waals surface area (Å²) >= 11 is 0. The summed E-state index contributed by atoms with van der Waals surface area (Å²) in [6, 6.07) is 35.8. The second-order valence-corrected chi connectivity index (χ2v) is 11.6. The van der Waals surface area contributed by atoms with Crippen LogP contribution in [-0.2, 0) is 9.31 Å². The van der Waals surface area contributed by atoms with Crippen LogP contribution in [0, 0.1) is 6.57 Å². The maximum atomic E-state index is 7.60. The molecule has 1 aliphatic rings. The minimum Gasteiger partial charge on any atom is -0.399 e. The molecule has 0 saturated carbocycles. The van der Waals surface area contributed by atoms with Gasteiger partial charge in [0, 0.05) is 11.1 Å². The Bertz CT molecular complexity index is 1970. The summed E-state index contributed by atoms with van der Waals surface area (Å²) in [5.74, 6) is 0. The van der Waals surface area contributed by atoms with Gasteiger partial charge in [-0.1, -0.05) is 66.7 Å². The van der Waals surface area contributed by atoms with Crippen molar-refractivity contribution in [2.45, 2.75) is 38.9 Å². The highest BCUT2D eigenvalue weighted by molar-refractivity contribution is 6.65. The lowest BCUT2D eigenvalue weighted by Gasteiger charge is -2.32. The summed E-state index contributed by atoms with van der Waals surface area (Å²) in [5, 5.41) is 4.48. The Balaban J connectivity index is 1.43. The van der Waals surface area contributed by atoms with Crippen molar-refractivity contribution in [3.8, 4) is 16.8 Å². The van der Waals surface area contributed by atoms with Crippen LogP contribution in [0.25, 0.3) is 54.2 Å². The van der Waals surface area contributed by atoms with Crippen LogP contribution >= 0.6 is 0 Å². The number of fused-ring (bicyclic) bond motifs is 4. The van der Waals surface area contributed by atoms with Crippen molar-refractivity contribution in [2.75, 3.05) is 0 Å². The largest absolute Gasteiger partial charge is 0.495 e. The normalized spacial score (nSPS) is 16.1. The van der Waals surface area contributed by atoms with Gasteiger partial charge >= 0.3 is 7.12 Å². The average molecular weight is 520 g/mol. The highest BCUT2D eigenvalue weighted by atomic mass is 16.7. The molecule has 1 aromatic heterocycles. The van der Waals surface area contributed by atoms with Crippen LogP contribution in [0.2, 0.25) is 0 Å². The van der Waals surface area contributed by atoms with Gasteiger partial charge in [-0.3, -0.25) is 0 Å². The molecule has 4 nitrogen and oxygen atoms in total. The summed E-state index contributed by atoms with van der Waals surface area (Å²) in [5.41, 5.74) is 6.46. The molecule has 0 unspecified atom stereocenters. The molecular formula is C35H29BN2O2. The van der Waals surface area contributed by atoms with E-state index in [1.165, 1.54) is 0 Å². The van der Waals surface area contributed by atoms with Crippen molar-refractivity contribution in [1.29, 1.82) is 0 Å². The smallest absolute Gasteiger partial charge is 0.399 e. The van der Waals surface area contributed by atoms with E-state index >= 15 is 0 Å². The maximum Gasteiger partial charge on any atom is 0.495 e. The Kier molecular flexibility index (Phi) is 5.44. The number of benzene rings is 5. The standard InChI is InChI=1S/C35H29BN2O2/c1-34(2)35(3,4)40-36(39-34)31-18-17-26(27-13-9-10-14-28(27)31)23-15-19-32-29(21-23)30-22-24(37-5)16-20-33(30)38(32)25-11-7-6-8-12-25/h6-22H,1-4H3. The molecule has 6 aromatic rings. The monoisotopic (exact) mass is 520 g/mol. The molecule has 5 aromatic carbocycles. The zero-order valence-corrected chi connectivity index (χ0v) is 23.1. The molecule has 7 rings (SSSR count). The fourth-order valence-electron chi connectivity index (χ4n) is 5.85. The van der Waals surface area contributed by atoms with Gasteiger partial charge in [0.25, 0.3) is 0 Å². The fourth-order valence-corrected chi connectivity index (χ4v) is 5.85. The quantitative estimate of drug-likeness (QED) is 0.173. The first-order chi connectivity index (χ1) is 19.3. The average Bonchev–Trinajstić information content (AvgIpc) is 3.40. The SMILES string of the molecule is [C-]#[N+]c1ccc2c(c1)c1cc(-c3ccc(B4OC(C)(C)C(C)(C)O4)c4ccccc34)ccc1n2-c1ccccc1. The molecule has 0 atom stereocenters. The molecule has 0 radical (unpaired) electrons. The summed E-state index contributed by atoms with van der Waals surface area (Å²) in [6.45, 7) is 16.0. The first-order valence-electron chi connectivity index (χ1n) is 13.7. The summed E-state index contributed by atoms with van der Waals surface area (Å²) in [4.78, 5) is 3.72. The van der Waals surface area contributed by atoms with E-state index < -0.39 is 18.3 Å². The third-order valence-electron chi connectivity index (χ3n) is 8.67. The number of hydrogen-bond donors (Lipinski definition) is 0. The van der Waals surface area contributed by atoms with E-state index in [4.69, 9.17) is 15.9 Å². The second-order valence-electron chi connectivity index (χ2n) is 11.6. The highest BCUT2D eigenvalue weighted by Gasteiger charge is 2.52. The first-order valence-corrected chi connectivity index (χ1v) is 13.7. The van der Waals surface area contributed by atoms with Crippen molar-refractivity contribution in [3.05, 3.63) is 115 Å². The van der Waals surface area contributed by atoms with Crippen molar-refractivity contribution >= 4 is 50.8 Å². The van der Waals surface area contributed by atoms with Gasteiger partial charge < -0.3 is 13.9 Å². The van der Waals surface area contributed by atoms with Crippen molar-refractivity contribution in [1.82, 2.24) is 4.57 Å². The zero-order chi connectivity index (χ0) is 27.6. The minimum atomic E-state index is -0.428. The van der Waals surface area contributed by atoms with Crippen LogP contribution in [0.5, 0.6) is 0 Å². The lowest BCUT2D eigenvalue weighted by molar-refractivity contribution is 0.00578. The molecule has 194 valence electrons. The third kappa shape index (κ3) is 3.68. The Morgan fingerprint density at radius 1 is 0.650 bits per heavy atom. The summed E-state index contributed by atoms with van der Waals surface area (Å²) in [6.07, 6.45) is 0. The van der Waals surface area contributed by atoms with Crippen LogP contribution in [-0.4, -0.2) is 22.9 Å². The predicted octanol–water partition coefficient (Wildman–Crippen LogP) is 8.45. The molecule has 0 spiro atoms. The third-order valence-corrected chi connectivity index (χ3v) is 8.67. The Labute approximate surface area is 234 Å². The van der Waals surface area contributed by atoms with Crippen molar-refractivity contribution in [3.63, 3.8) is 0 Å². The summed E-state index contributed by atoms with van der Waals surface area (Å²) < 4.78 is 15.1. The van der Waals surface area contributed by atoms with E-state index in [-0.39, 0.29) is 0 Å². The Morgan fingerprint density at radius 2 is 1.27 bits per heavy atom. The lowest BCUT2D eigenvalue weighted by Crippen LogP contribution is -2.41. The van der Waals surface area contributed by atoms with Crippen LogP contribution in [0.1, 0.15) is 27.7 Å². The number of para-hydroxylation sites is 1. The first kappa shape index (κ1) is 24.7. The zero-order valence-electron chi connectivity index (χ0n) is 23.1. The van der Waals surface area contributed by atoms with E-state index in [0.29, 0.717) is 5.69 Å². The molecule has 0 aliphatic carbocycles. The van der Waals surface area contributed by atoms with Gasteiger partial charge in [0.2, 0.25) is 0 Å². The highest BCUT2D eigenvalue weighted by Crippen LogP contribution is 2.40. The maximum absolute atomic E-state index is 7.60. The molecule has 1 fully saturated rings. The van der Waals surface area contributed by atoms with Crippen LogP contribution in [0.15, 0.2) is 103 Å². The van der Waals surface area contributed by atoms with E-state index in [0.717, 1.165) is 54.9 Å². The van der Waals surface area contributed by atoms with Crippen molar-refractivity contribution < 1.29 is 9.31 Å². The van der Waals surface area contributed by atoms with E-state index in [1.54, 1.807) is 0 Å². The van der Waals surface area contributed by atoms with Gasteiger partial charge in [-0.15, -0.1) is 0 Å². The molecule has 2 heterocycles. The Morgan fingerprint density at radius 3 is 1.98 bits per heavy atom. The molecule has 0 N–H and O–H groups in total. The molecule has 0 bridgehead atoms. The predicted molar refractivity (Wildman–Crippen MR) is 166 cm³/mol. The van der Waals surface area contributed by atoms with Gasteiger partial charge in [-0.2, -0.15) is 0 Å². The second kappa shape index (κ2) is 8.82. The molecule has 40 heavy (non-hydrogen) atoms. The van der Waals surface area contributed by atoms with Crippen LogP contribution in [0.3, 0.4) is 0 Å². The minimum absolute atomic E-state index is 0.403. The molecular weight excluding hydrogens is 491 g/mol. The molecule has 0 amide bonds. The molecule has 5 heteroatoms. The van der Waals surface area contributed by atoms with Crippen LogP contribution in [0.4, 0.5) is 5.69 Å².